The van der Waals surface area contributed by atoms with Gasteiger partial charge in [-0.05, 0) is 25.2 Å². The lowest BCUT2D eigenvalue weighted by Crippen LogP contribution is -2.47. The summed E-state index contributed by atoms with van der Waals surface area (Å²) in [6, 6.07) is -0.0266. The summed E-state index contributed by atoms with van der Waals surface area (Å²) in [7, 11) is -3.36. The number of nitrogens with two attached hydrogens (primary N) is 1. The van der Waals surface area contributed by atoms with Crippen LogP contribution in [0.5, 0.6) is 0 Å². The van der Waals surface area contributed by atoms with Crippen LogP contribution in [0.25, 0.3) is 0 Å². The van der Waals surface area contributed by atoms with Gasteiger partial charge in [0.05, 0.1) is 0 Å². The number of hydrogen-bond donors (Lipinski definition) is 3. The molecule has 0 bridgehead atoms. The van der Waals surface area contributed by atoms with Gasteiger partial charge in [0.1, 0.15) is 0 Å². The molecular weight excluding hydrogens is 214 g/mol. The second-order valence-corrected chi connectivity index (χ2v) is 6.05. The summed E-state index contributed by atoms with van der Waals surface area (Å²) in [5.41, 5.74) is 5.52. The second-order valence-electron chi connectivity index (χ2n) is 4.58. The summed E-state index contributed by atoms with van der Waals surface area (Å²) in [5, 5.41) is 0. The minimum absolute atomic E-state index is 0.139. The van der Waals surface area contributed by atoms with Crippen LogP contribution in [0.3, 0.4) is 0 Å². The predicted octanol–water partition coefficient (Wildman–Crippen LogP) is -0.0538. The minimum Gasteiger partial charge on any atom is -0.329 e. The molecular formula is C9H21N3O2S. The maximum absolute atomic E-state index is 11.6. The topological polar surface area (TPSA) is 84.2 Å². The third-order valence-corrected chi connectivity index (χ3v) is 3.55. The van der Waals surface area contributed by atoms with Gasteiger partial charge in [-0.2, -0.15) is 17.9 Å². The van der Waals surface area contributed by atoms with Crippen LogP contribution >= 0.6 is 0 Å². The monoisotopic (exact) mass is 235 g/mol. The Kier molecular flexibility index (Phi) is 4.51. The lowest BCUT2D eigenvalue weighted by Gasteiger charge is -2.18. The van der Waals surface area contributed by atoms with Crippen molar-refractivity contribution in [3.63, 3.8) is 0 Å². The number of rotatable bonds is 7. The highest BCUT2D eigenvalue weighted by Crippen LogP contribution is 2.19. The highest BCUT2D eigenvalue weighted by atomic mass is 32.2. The highest BCUT2D eigenvalue weighted by molar-refractivity contribution is 7.87. The molecule has 0 aromatic carbocycles. The molecule has 0 radical (unpaired) electrons. The van der Waals surface area contributed by atoms with Gasteiger partial charge < -0.3 is 5.73 Å². The maximum atomic E-state index is 11.6. The molecule has 4 N–H and O–H groups in total. The molecule has 0 aliphatic heterocycles. The second kappa shape index (κ2) is 5.25. The molecule has 0 amide bonds. The summed E-state index contributed by atoms with van der Waals surface area (Å²) in [4.78, 5) is 0. The molecule has 90 valence electrons. The standard InChI is InChI=1S/C9H21N3O2S/c1-7(2)5-9(6-10)12-15(13,14)11-8-3-4-8/h7-9,11-12H,3-6,10H2,1-2H3. The van der Waals surface area contributed by atoms with E-state index in [0.717, 1.165) is 19.3 Å². The highest BCUT2D eigenvalue weighted by Gasteiger charge is 2.28. The lowest BCUT2D eigenvalue weighted by atomic mass is 10.1. The molecule has 1 aliphatic carbocycles. The third kappa shape index (κ3) is 5.46. The Morgan fingerprint density at radius 2 is 2.00 bits per heavy atom. The van der Waals surface area contributed by atoms with E-state index in [-0.39, 0.29) is 12.1 Å². The van der Waals surface area contributed by atoms with Crippen molar-refractivity contribution >= 4 is 10.2 Å². The number of nitrogens with one attached hydrogen (secondary N) is 2. The molecule has 5 nitrogen and oxygen atoms in total. The van der Waals surface area contributed by atoms with E-state index in [1.54, 1.807) is 0 Å². The summed E-state index contributed by atoms with van der Waals surface area (Å²) in [6.07, 6.45) is 2.65. The normalized spacial score (nSPS) is 19.5. The van der Waals surface area contributed by atoms with Gasteiger partial charge in [0, 0.05) is 18.6 Å². The zero-order chi connectivity index (χ0) is 11.5. The van der Waals surface area contributed by atoms with Crippen molar-refractivity contribution in [3.05, 3.63) is 0 Å². The Labute approximate surface area is 92.0 Å². The van der Waals surface area contributed by atoms with E-state index >= 15 is 0 Å². The first kappa shape index (κ1) is 12.9. The van der Waals surface area contributed by atoms with Crippen molar-refractivity contribution in [3.8, 4) is 0 Å². The van der Waals surface area contributed by atoms with E-state index in [0.29, 0.717) is 12.5 Å². The zero-order valence-electron chi connectivity index (χ0n) is 9.36. The van der Waals surface area contributed by atoms with E-state index in [1.807, 2.05) is 13.8 Å². The SMILES string of the molecule is CC(C)CC(CN)NS(=O)(=O)NC1CC1. The summed E-state index contributed by atoms with van der Waals surface area (Å²) < 4.78 is 28.3. The van der Waals surface area contributed by atoms with Crippen LogP contribution in [-0.4, -0.2) is 27.0 Å². The van der Waals surface area contributed by atoms with Gasteiger partial charge in [-0.25, -0.2) is 0 Å². The smallest absolute Gasteiger partial charge is 0.277 e. The van der Waals surface area contributed by atoms with Crippen molar-refractivity contribution in [1.29, 1.82) is 0 Å². The van der Waals surface area contributed by atoms with Crippen LogP contribution in [0, 0.1) is 5.92 Å². The van der Waals surface area contributed by atoms with E-state index in [1.165, 1.54) is 0 Å². The quantitative estimate of drug-likeness (QED) is 0.578. The van der Waals surface area contributed by atoms with E-state index in [4.69, 9.17) is 5.73 Å². The van der Waals surface area contributed by atoms with Crippen molar-refractivity contribution in [2.75, 3.05) is 6.54 Å². The molecule has 0 aromatic rings. The fourth-order valence-electron chi connectivity index (χ4n) is 1.44. The third-order valence-electron chi connectivity index (χ3n) is 2.26. The Hall–Kier alpha value is -0.170. The molecule has 15 heavy (non-hydrogen) atoms. The first-order chi connectivity index (χ1) is 6.93. The van der Waals surface area contributed by atoms with Crippen molar-refractivity contribution in [2.45, 2.75) is 45.2 Å². The van der Waals surface area contributed by atoms with Crippen molar-refractivity contribution in [2.24, 2.45) is 11.7 Å². The summed E-state index contributed by atoms with van der Waals surface area (Å²) >= 11 is 0. The molecule has 1 rings (SSSR count). The van der Waals surface area contributed by atoms with Gasteiger partial charge in [0.15, 0.2) is 0 Å². The van der Waals surface area contributed by atoms with Gasteiger partial charge in [-0.15, -0.1) is 0 Å². The first-order valence-corrected chi connectivity index (χ1v) is 6.91. The molecule has 6 heteroatoms. The minimum atomic E-state index is -3.36. The molecule has 0 heterocycles. The van der Waals surface area contributed by atoms with Crippen LogP contribution in [-0.2, 0) is 10.2 Å². The average Bonchev–Trinajstić information content (AvgIpc) is 2.84. The maximum Gasteiger partial charge on any atom is 0.277 e. The lowest BCUT2D eigenvalue weighted by molar-refractivity contribution is 0.461. The molecule has 0 saturated heterocycles. The van der Waals surface area contributed by atoms with E-state index in [2.05, 4.69) is 9.44 Å². The van der Waals surface area contributed by atoms with Crippen molar-refractivity contribution < 1.29 is 8.42 Å². The van der Waals surface area contributed by atoms with Crippen LogP contribution in [0.4, 0.5) is 0 Å². The fraction of sp³-hybridized carbons (Fsp3) is 1.00. The van der Waals surface area contributed by atoms with Gasteiger partial charge in [0.25, 0.3) is 10.2 Å². The van der Waals surface area contributed by atoms with E-state index in [9.17, 15) is 8.42 Å². The number of hydrogen-bond acceptors (Lipinski definition) is 3. The molecule has 1 unspecified atom stereocenters. The molecule has 1 atom stereocenters. The van der Waals surface area contributed by atoms with Crippen LogP contribution in [0.15, 0.2) is 0 Å². The first-order valence-electron chi connectivity index (χ1n) is 5.42. The van der Waals surface area contributed by atoms with E-state index < -0.39 is 10.2 Å². The molecule has 0 aromatic heterocycles. The largest absolute Gasteiger partial charge is 0.329 e. The molecule has 1 fully saturated rings. The van der Waals surface area contributed by atoms with Crippen molar-refractivity contribution in [1.82, 2.24) is 9.44 Å². The summed E-state index contributed by atoms with van der Waals surface area (Å²) in [6.45, 7) is 4.43. The van der Waals surface area contributed by atoms with Gasteiger partial charge in [0.2, 0.25) is 0 Å². The Balaban J connectivity index is 2.41. The average molecular weight is 235 g/mol. The van der Waals surface area contributed by atoms with Gasteiger partial charge >= 0.3 is 0 Å². The van der Waals surface area contributed by atoms with Crippen LogP contribution in [0.1, 0.15) is 33.1 Å². The Morgan fingerprint density at radius 3 is 2.40 bits per heavy atom. The predicted molar refractivity (Wildman–Crippen MR) is 60.5 cm³/mol. The molecule has 1 saturated carbocycles. The Morgan fingerprint density at radius 1 is 1.40 bits per heavy atom. The molecule has 0 spiro atoms. The Bertz CT molecular complexity index is 286. The molecule has 1 aliphatic rings. The van der Waals surface area contributed by atoms with Gasteiger partial charge in [-0.1, -0.05) is 13.8 Å². The zero-order valence-corrected chi connectivity index (χ0v) is 10.2. The fourth-order valence-corrected chi connectivity index (χ4v) is 2.81. The van der Waals surface area contributed by atoms with Crippen LogP contribution < -0.4 is 15.2 Å². The summed E-state index contributed by atoms with van der Waals surface area (Å²) in [5.74, 6) is 0.433. The van der Waals surface area contributed by atoms with Gasteiger partial charge in [-0.3, -0.25) is 0 Å². The van der Waals surface area contributed by atoms with Crippen LogP contribution in [0.2, 0.25) is 0 Å².